The Hall–Kier alpha value is -2.54. The Labute approximate surface area is 148 Å². The Morgan fingerprint density at radius 1 is 1.28 bits per heavy atom. The van der Waals surface area contributed by atoms with Crippen LogP contribution in [0.25, 0.3) is 0 Å². The fourth-order valence-corrected chi connectivity index (χ4v) is 2.58. The van der Waals surface area contributed by atoms with Crippen molar-refractivity contribution in [3.05, 3.63) is 36.0 Å². The normalized spacial score (nSPS) is 11.0. The molecule has 2 rings (SSSR count). The molecule has 1 N–H and O–H groups in total. The van der Waals surface area contributed by atoms with Crippen molar-refractivity contribution in [2.24, 2.45) is 0 Å². The molecule has 0 atom stereocenters. The highest BCUT2D eigenvalue weighted by Crippen LogP contribution is 2.25. The van der Waals surface area contributed by atoms with Gasteiger partial charge in [0.15, 0.2) is 0 Å². The van der Waals surface area contributed by atoms with Crippen LogP contribution in [0, 0.1) is 0 Å². The summed E-state index contributed by atoms with van der Waals surface area (Å²) in [6.07, 6.45) is 1.68. The lowest BCUT2D eigenvalue weighted by Crippen LogP contribution is -2.30. The molecule has 2 aromatic rings. The molecule has 0 spiro atoms. The Morgan fingerprint density at radius 2 is 2.04 bits per heavy atom. The maximum atomic E-state index is 12.3. The number of rotatable bonds is 8. The number of methoxy groups -OCH3 is 2. The van der Waals surface area contributed by atoms with Crippen LogP contribution < -0.4 is 14.8 Å². The summed E-state index contributed by atoms with van der Waals surface area (Å²) >= 11 is 0. The zero-order valence-corrected chi connectivity index (χ0v) is 15.4. The number of ether oxygens (including phenoxy) is 2. The van der Waals surface area contributed by atoms with Gasteiger partial charge in [-0.15, -0.1) is 0 Å². The molecule has 0 radical (unpaired) electrons. The number of hydrogen-bond donors (Lipinski definition) is 1. The number of hydrogen-bond acceptors (Lipinski definition) is 5. The van der Waals surface area contributed by atoms with E-state index in [2.05, 4.69) is 10.4 Å². The fraction of sp³-hybridized carbons (Fsp3) is 0.444. The second-order valence-corrected chi connectivity index (χ2v) is 6.15. The largest absolute Gasteiger partial charge is 0.497 e. The van der Waals surface area contributed by atoms with E-state index in [1.54, 1.807) is 31.2 Å². The molecule has 0 aliphatic heterocycles. The lowest BCUT2D eigenvalue weighted by atomic mass is 10.2. The predicted molar refractivity (Wildman–Crippen MR) is 97.1 cm³/mol. The first kappa shape index (κ1) is 18.8. The molecule has 7 heteroatoms. The van der Waals surface area contributed by atoms with Crippen LogP contribution in [0.15, 0.2) is 30.5 Å². The number of likely N-dealkylation sites (N-methyl/N-ethyl adjacent to an activating group) is 1. The summed E-state index contributed by atoms with van der Waals surface area (Å²) in [4.78, 5) is 14.2. The lowest BCUT2D eigenvalue weighted by Gasteiger charge is -2.19. The maximum Gasteiger partial charge on any atom is 0.239 e. The number of carbonyl (C=O) groups is 1. The monoisotopic (exact) mass is 346 g/mol. The van der Waals surface area contributed by atoms with Crippen molar-refractivity contribution in [2.45, 2.75) is 26.4 Å². The summed E-state index contributed by atoms with van der Waals surface area (Å²) < 4.78 is 12.4. The van der Waals surface area contributed by atoms with Crippen LogP contribution in [0.3, 0.4) is 0 Å². The van der Waals surface area contributed by atoms with E-state index in [0.717, 1.165) is 17.1 Å². The van der Waals surface area contributed by atoms with Crippen LogP contribution in [0.1, 0.15) is 25.5 Å². The third kappa shape index (κ3) is 4.96. The van der Waals surface area contributed by atoms with Crippen LogP contribution in [-0.4, -0.2) is 48.4 Å². The summed E-state index contributed by atoms with van der Waals surface area (Å²) in [6.45, 7) is 4.89. The molecule has 1 aromatic heterocycles. The number of amides is 1. The van der Waals surface area contributed by atoms with Gasteiger partial charge >= 0.3 is 0 Å². The standard InChI is InChI=1S/C18H26N4O3/c1-13(2)22-17(8-9-19-22)20-18(23)12-21(3)11-14-6-7-15(24-4)10-16(14)25-5/h6-10,13H,11-12H2,1-5H3,(H,20,23). The van der Waals surface area contributed by atoms with Crippen molar-refractivity contribution < 1.29 is 14.3 Å². The smallest absolute Gasteiger partial charge is 0.239 e. The first-order valence-corrected chi connectivity index (χ1v) is 8.17. The molecule has 0 saturated heterocycles. The molecular formula is C18H26N4O3. The number of carbonyl (C=O) groups excluding carboxylic acids is 1. The summed E-state index contributed by atoms with van der Waals surface area (Å²) in [5.74, 6) is 2.10. The van der Waals surface area contributed by atoms with Crippen molar-refractivity contribution in [1.82, 2.24) is 14.7 Å². The summed E-state index contributed by atoms with van der Waals surface area (Å²) in [5.41, 5.74) is 0.992. The van der Waals surface area contributed by atoms with Gasteiger partial charge in [0, 0.05) is 30.3 Å². The average Bonchev–Trinajstić information content (AvgIpc) is 3.03. The molecule has 25 heavy (non-hydrogen) atoms. The first-order chi connectivity index (χ1) is 11.9. The SMILES string of the molecule is COc1ccc(CN(C)CC(=O)Nc2ccnn2C(C)C)c(OC)c1. The molecule has 0 fully saturated rings. The van der Waals surface area contributed by atoms with Gasteiger partial charge in [-0.1, -0.05) is 6.07 Å². The van der Waals surface area contributed by atoms with Crippen molar-refractivity contribution in [2.75, 3.05) is 33.1 Å². The molecular weight excluding hydrogens is 320 g/mol. The highest BCUT2D eigenvalue weighted by molar-refractivity contribution is 5.91. The zero-order valence-electron chi connectivity index (χ0n) is 15.4. The summed E-state index contributed by atoms with van der Waals surface area (Å²) in [6, 6.07) is 7.65. The van der Waals surface area contributed by atoms with Crippen LogP contribution in [0.4, 0.5) is 5.82 Å². The summed E-state index contributed by atoms with van der Waals surface area (Å²) in [7, 11) is 5.13. The number of nitrogens with one attached hydrogen (secondary N) is 1. The van der Waals surface area contributed by atoms with Gasteiger partial charge in [0.05, 0.1) is 27.0 Å². The molecule has 0 bridgehead atoms. The van der Waals surface area contributed by atoms with Crippen LogP contribution in [0.5, 0.6) is 11.5 Å². The maximum absolute atomic E-state index is 12.3. The van der Waals surface area contributed by atoms with Crippen molar-refractivity contribution in [3.63, 3.8) is 0 Å². The second-order valence-electron chi connectivity index (χ2n) is 6.15. The fourth-order valence-electron chi connectivity index (χ4n) is 2.58. The molecule has 7 nitrogen and oxygen atoms in total. The van der Waals surface area contributed by atoms with Crippen molar-refractivity contribution in [3.8, 4) is 11.5 Å². The third-order valence-electron chi connectivity index (χ3n) is 3.77. The van der Waals surface area contributed by atoms with E-state index in [1.165, 1.54) is 0 Å². The van der Waals surface area contributed by atoms with E-state index in [4.69, 9.17) is 9.47 Å². The first-order valence-electron chi connectivity index (χ1n) is 8.17. The minimum atomic E-state index is -0.0858. The minimum Gasteiger partial charge on any atom is -0.497 e. The number of nitrogens with zero attached hydrogens (tertiary/aromatic N) is 3. The second kappa shape index (κ2) is 8.53. The Bertz CT molecular complexity index is 712. The van der Waals surface area contributed by atoms with Gasteiger partial charge in [-0.25, -0.2) is 4.68 Å². The zero-order chi connectivity index (χ0) is 18.4. The Morgan fingerprint density at radius 3 is 2.68 bits per heavy atom. The highest BCUT2D eigenvalue weighted by Gasteiger charge is 2.13. The van der Waals surface area contributed by atoms with Crippen LogP contribution >= 0.6 is 0 Å². The topological polar surface area (TPSA) is 68.6 Å². The Balaban J connectivity index is 1.96. The minimum absolute atomic E-state index is 0.0858. The molecule has 0 saturated carbocycles. The third-order valence-corrected chi connectivity index (χ3v) is 3.77. The van der Waals surface area contributed by atoms with Crippen LogP contribution in [-0.2, 0) is 11.3 Å². The van der Waals surface area contributed by atoms with E-state index >= 15 is 0 Å². The van der Waals surface area contributed by atoms with Gasteiger partial charge in [0.2, 0.25) is 5.91 Å². The van der Waals surface area contributed by atoms with Crippen molar-refractivity contribution >= 4 is 11.7 Å². The lowest BCUT2D eigenvalue weighted by molar-refractivity contribution is -0.117. The number of aromatic nitrogens is 2. The van der Waals surface area contributed by atoms with Crippen LogP contribution in [0.2, 0.25) is 0 Å². The number of benzene rings is 1. The van der Waals surface area contributed by atoms with Gasteiger partial charge < -0.3 is 14.8 Å². The summed E-state index contributed by atoms with van der Waals surface area (Å²) in [5, 5.41) is 7.12. The molecule has 1 heterocycles. The Kier molecular flexibility index (Phi) is 6.41. The average molecular weight is 346 g/mol. The van der Waals surface area contributed by atoms with Gasteiger partial charge in [-0.2, -0.15) is 5.10 Å². The quantitative estimate of drug-likeness (QED) is 0.795. The highest BCUT2D eigenvalue weighted by atomic mass is 16.5. The van der Waals surface area contributed by atoms with Crippen molar-refractivity contribution in [1.29, 1.82) is 0 Å². The molecule has 136 valence electrons. The molecule has 0 aliphatic carbocycles. The van der Waals surface area contributed by atoms with Gasteiger partial charge in [-0.05, 0) is 27.0 Å². The van der Waals surface area contributed by atoms with Gasteiger partial charge in [-0.3, -0.25) is 9.69 Å². The number of anilines is 1. The predicted octanol–water partition coefficient (Wildman–Crippen LogP) is 2.55. The van der Waals surface area contributed by atoms with E-state index in [0.29, 0.717) is 12.4 Å². The van der Waals surface area contributed by atoms with E-state index in [9.17, 15) is 4.79 Å². The van der Waals surface area contributed by atoms with E-state index in [1.807, 2.05) is 44.0 Å². The molecule has 0 unspecified atom stereocenters. The van der Waals surface area contributed by atoms with Gasteiger partial charge in [0.1, 0.15) is 17.3 Å². The van der Waals surface area contributed by atoms with Gasteiger partial charge in [0.25, 0.3) is 0 Å². The van der Waals surface area contributed by atoms with E-state index < -0.39 is 0 Å². The van der Waals surface area contributed by atoms with E-state index in [-0.39, 0.29) is 18.5 Å². The molecule has 1 aromatic carbocycles. The molecule has 0 aliphatic rings. The molecule has 1 amide bonds.